The predicted molar refractivity (Wildman–Crippen MR) is 106 cm³/mol. The fraction of sp³-hybridized carbons (Fsp3) is 0.300. The molecule has 0 atom stereocenters. The second-order valence-corrected chi connectivity index (χ2v) is 7.00. The quantitative estimate of drug-likeness (QED) is 0.877. The van der Waals surface area contributed by atoms with Crippen LogP contribution in [0.15, 0.2) is 42.5 Å². The van der Waals surface area contributed by atoms with Gasteiger partial charge < -0.3 is 15.1 Å². The minimum absolute atomic E-state index is 0.142. The van der Waals surface area contributed by atoms with E-state index < -0.39 is 0 Å². The zero-order chi connectivity index (χ0) is 18.7. The van der Waals surface area contributed by atoms with Gasteiger partial charge in [0, 0.05) is 43.3 Å². The number of hydrogen-bond donors (Lipinski definition) is 1. The van der Waals surface area contributed by atoms with Crippen LogP contribution in [0.2, 0.25) is 5.02 Å². The number of carbonyl (C=O) groups excluding carboxylic acids is 2. The lowest BCUT2D eigenvalue weighted by molar-refractivity contribution is -0.119. The van der Waals surface area contributed by atoms with E-state index in [0.29, 0.717) is 22.7 Å². The van der Waals surface area contributed by atoms with E-state index in [2.05, 4.69) is 5.32 Å². The summed E-state index contributed by atoms with van der Waals surface area (Å²) in [4.78, 5) is 28.3. The van der Waals surface area contributed by atoms with Crippen LogP contribution in [-0.4, -0.2) is 32.5 Å². The van der Waals surface area contributed by atoms with Crippen LogP contribution in [0.4, 0.5) is 17.1 Å². The summed E-state index contributed by atoms with van der Waals surface area (Å²) in [6, 6.07) is 12.5. The normalized spacial score (nSPS) is 14.3. The molecule has 1 fully saturated rings. The number of carbonyl (C=O) groups is 2. The summed E-state index contributed by atoms with van der Waals surface area (Å²) in [7, 11) is 3.81. The van der Waals surface area contributed by atoms with Gasteiger partial charge in [-0.05, 0) is 55.3 Å². The molecule has 0 unspecified atom stereocenters. The first-order valence-corrected chi connectivity index (χ1v) is 9.02. The Morgan fingerprint density at radius 3 is 2.50 bits per heavy atom. The van der Waals surface area contributed by atoms with Crippen LogP contribution in [-0.2, 0) is 4.79 Å². The summed E-state index contributed by atoms with van der Waals surface area (Å²) in [6.45, 7) is 0.735. The Labute approximate surface area is 158 Å². The molecular weight excluding hydrogens is 350 g/mol. The highest BCUT2D eigenvalue weighted by Crippen LogP contribution is 2.28. The monoisotopic (exact) mass is 371 g/mol. The van der Waals surface area contributed by atoms with Crippen molar-refractivity contribution in [2.45, 2.75) is 19.3 Å². The van der Waals surface area contributed by atoms with Gasteiger partial charge in [-0.25, -0.2) is 0 Å². The van der Waals surface area contributed by atoms with Crippen LogP contribution < -0.4 is 15.1 Å². The number of halogens is 1. The van der Waals surface area contributed by atoms with Gasteiger partial charge in [0.25, 0.3) is 5.91 Å². The summed E-state index contributed by atoms with van der Waals surface area (Å²) in [6.07, 6.45) is 2.55. The average Bonchev–Trinajstić information content (AvgIpc) is 2.62. The van der Waals surface area contributed by atoms with Crippen molar-refractivity contribution in [2.24, 2.45) is 0 Å². The second-order valence-electron chi connectivity index (χ2n) is 6.56. The molecule has 1 aliphatic heterocycles. The maximum Gasteiger partial charge on any atom is 0.255 e. The maximum absolute atomic E-state index is 12.6. The standard InChI is InChI=1S/C20H22ClN3O2/c1-23(2)18-11-8-15(21)13-17(18)22-20(26)14-6-9-16(10-7-14)24-12-4-3-5-19(24)25/h6-11,13H,3-5,12H2,1-2H3,(H,22,26). The van der Waals surface area contributed by atoms with Crippen LogP contribution in [0.1, 0.15) is 29.6 Å². The van der Waals surface area contributed by atoms with Crippen molar-refractivity contribution in [2.75, 3.05) is 35.8 Å². The molecule has 26 heavy (non-hydrogen) atoms. The molecule has 1 heterocycles. The smallest absolute Gasteiger partial charge is 0.255 e. The molecule has 6 heteroatoms. The number of amides is 2. The number of hydrogen-bond acceptors (Lipinski definition) is 3. The van der Waals surface area contributed by atoms with E-state index in [0.717, 1.165) is 30.8 Å². The Morgan fingerprint density at radius 1 is 1.12 bits per heavy atom. The van der Waals surface area contributed by atoms with Gasteiger partial charge in [0.2, 0.25) is 5.91 Å². The molecule has 0 spiro atoms. The third kappa shape index (κ3) is 3.99. The fourth-order valence-electron chi connectivity index (χ4n) is 3.06. The van der Waals surface area contributed by atoms with E-state index in [1.807, 2.05) is 37.2 Å². The first-order chi connectivity index (χ1) is 12.5. The van der Waals surface area contributed by atoms with E-state index in [1.54, 1.807) is 29.2 Å². The van der Waals surface area contributed by atoms with E-state index in [9.17, 15) is 9.59 Å². The van der Waals surface area contributed by atoms with Crippen molar-refractivity contribution < 1.29 is 9.59 Å². The lowest BCUT2D eigenvalue weighted by atomic mass is 10.1. The van der Waals surface area contributed by atoms with E-state index in [-0.39, 0.29) is 11.8 Å². The van der Waals surface area contributed by atoms with Crippen LogP contribution in [0.25, 0.3) is 0 Å². The van der Waals surface area contributed by atoms with Crippen molar-refractivity contribution in [3.05, 3.63) is 53.1 Å². The van der Waals surface area contributed by atoms with Crippen molar-refractivity contribution in [3.8, 4) is 0 Å². The molecular formula is C20H22ClN3O2. The van der Waals surface area contributed by atoms with E-state index in [4.69, 9.17) is 11.6 Å². The minimum atomic E-state index is -0.216. The van der Waals surface area contributed by atoms with Gasteiger partial charge in [-0.1, -0.05) is 11.6 Å². The Hall–Kier alpha value is -2.53. The molecule has 0 saturated carbocycles. The molecule has 0 aromatic heterocycles. The number of anilines is 3. The molecule has 0 bridgehead atoms. The lowest BCUT2D eigenvalue weighted by Gasteiger charge is -2.26. The number of nitrogens with zero attached hydrogens (tertiary/aromatic N) is 2. The van der Waals surface area contributed by atoms with Gasteiger partial charge in [-0.3, -0.25) is 9.59 Å². The van der Waals surface area contributed by atoms with E-state index >= 15 is 0 Å². The third-order valence-corrected chi connectivity index (χ3v) is 4.69. The summed E-state index contributed by atoms with van der Waals surface area (Å²) in [5.74, 6) is -0.0742. The van der Waals surface area contributed by atoms with Crippen molar-refractivity contribution in [1.82, 2.24) is 0 Å². The first kappa shape index (κ1) is 18.3. The molecule has 1 saturated heterocycles. The average molecular weight is 372 g/mol. The van der Waals surface area contributed by atoms with Crippen LogP contribution in [0.3, 0.4) is 0 Å². The topological polar surface area (TPSA) is 52.7 Å². The number of benzene rings is 2. The van der Waals surface area contributed by atoms with Crippen molar-refractivity contribution in [1.29, 1.82) is 0 Å². The van der Waals surface area contributed by atoms with Crippen LogP contribution >= 0.6 is 11.6 Å². The molecule has 2 amide bonds. The van der Waals surface area contributed by atoms with Gasteiger partial charge in [0.15, 0.2) is 0 Å². The van der Waals surface area contributed by atoms with Gasteiger partial charge in [-0.2, -0.15) is 0 Å². The van der Waals surface area contributed by atoms with Crippen LogP contribution in [0.5, 0.6) is 0 Å². The molecule has 136 valence electrons. The van der Waals surface area contributed by atoms with E-state index in [1.165, 1.54) is 0 Å². The zero-order valence-corrected chi connectivity index (χ0v) is 15.7. The fourth-order valence-corrected chi connectivity index (χ4v) is 3.24. The van der Waals surface area contributed by atoms with Crippen molar-refractivity contribution in [3.63, 3.8) is 0 Å². The molecule has 3 rings (SSSR count). The predicted octanol–water partition coefficient (Wildman–Crippen LogP) is 4.18. The molecule has 2 aromatic carbocycles. The van der Waals surface area contributed by atoms with Crippen molar-refractivity contribution >= 4 is 40.5 Å². The van der Waals surface area contributed by atoms with Gasteiger partial charge in [-0.15, -0.1) is 0 Å². The third-order valence-electron chi connectivity index (χ3n) is 4.45. The highest BCUT2D eigenvalue weighted by Gasteiger charge is 2.20. The SMILES string of the molecule is CN(C)c1ccc(Cl)cc1NC(=O)c1ccc(N2CCCCC2=O)cc1. The molecule has 2 aromatic rings. The highest BCUT2D eigenvalue weighted by molar-refractivity contribution is 6.31. The van der Waals surface area contributed by atoms with Gasteiger partial charge >= 0.3 is 0 Å². The largest absolute Gasteiger partial charge is 0.376 e. The molecule has 5 nitrogen and oxygen atoms in total. The molecule has 1 N–H and O–H groups in total. The summed E-state index contributed by atoms with van der Waals surface area (Å²) in [5.41, 5.74) is 2.90. The summed E-state index contributed by atoms with van der Waals surface area (Å²) >= 11 is 6.06. The summed E-state index contributed by atoms with van der Waals surface area (Å²) < 4.78 is 0. The number of nitrogens with one attached hydrogen (secondary N) is 1. The molecule has 0 radical (unpaired) electrons. The lowest BCUT2D eigenvalue weighted by Crippen LogP contribution is -2.35. The highest BCUT2D eigenvalue weighted by atomic mass is 35.5. The summed E-state index contributed by atoms with van der Waals surface area (Å²) in [5, 5.41) is 3.47. The number of rotatable bonds is 4. The second kappa shape index (κ2) is 7.79. The molecule has 1 aliphatic rings. The molecule has 0 aliphatic carbocycles. The Kier molecular flexibility index (Phi) is 5.47. The van der Waals surface area contributed by atoms with Crippen LogP contribution in [0, 0.1) is 0 Å². The zero-order valence-electron chi connectivity index (χ0n) is 15.0. The maximum atomic E-state index is 12.6. The Balaban J connectivity index is 1.77. The van der Waals surface area contributed by atoms with Gasteiger partial charge in [0.1, 0.15) is 0 Å². The van der Waals surface area contributed by atoms with Gasteiger partial charge in [0.05, 0.1) is 11.4 Å². The Morgan fingerprint density at radius 2 is 1.85 bits per heavy atom. The Bertz CT molecular complexity index is 818. The first-order valence-electron chi connectivity index (χ1n) is 8.64. The number of piperidine rings is 1. The minimum Gasteiger partial charge on any atom is -0.376 e.